The molecule has 0 aliphatic rings. The van der Waals surface area contributed by atoms with E-state index < -0.39 is 21.7 Å². The molecule has 0 aliphatic carbocycles. The fourth-order valence-electron chi connectivity index (χ4n) is 2.64. The lowest BCUT2D eigenvalue weighted by Gasteiger charge is -2.23. The van der Waals surface area contributed by atoms with Crippen molar-refractivity contribution in [3.8, 4) is 0 Å². The number of nitrogens with zero attached hydrogens (tertiary/aromatic N) is 1. The summed E-state index contributed by atoms with van der Waals surface area (Å²) in [6.07, 6.45) is 0.671. The Morgan fingerprint density at radius 3 is 2.48 bits per heavy atom. The number of nitrogens with one attached hydrogen (secondary N) is 2. The number of hydrogen-bond donors (Lipinski definition) is 2. The first-order valence-corrected chi connectivity index (χ1v) is 10.2. The molecule has 8 heteroatoms. The lowest BCUT2D eigenvalue weighted by molar-refractivity contribution is 0.0949. The number of anilines is 1. The summed E-state index contributed by atoms with van der Waals surface area (Å²) in [6.45, 7) is 3.97. The molecule has 0 heterocycles. The smallest absolute Gasteiger partial charge is 0.254 e. The van der Waals surface area contributed by atoms with Gasteiger partial charge in [0, 0.05) is 25.3 Å². The molecule has 0 aliphatic heterocycles. The molecule has 0 bridgehead atoms. The van der Waals surface area contributed by atoms with E-state index in [4.69, 9.17) is 0 Å². The topological polar surface area (TPSA) is 78.5 Å². The molecule has 0 saturated heterocycles. The molecule has 0 aromatic heterocycles. The van der Waals surface area contributed by atoms with Gasteiger partial charge in [-0.1, -0.05) is 18.2 Å². The summed E-state index contributed by atoms with van der Waals surface area (Å²) in [5.74, 6) is -1.40. The molecule has 0 saturated carbocycles. The molecule has 0 radical (unpaired) electrons. The maximum atomic E-state index is 13.9. The van der Waals surface area contributed by atoms with Crippen LogP contribution >= 0.6 is 0 Å². The number of carbonyl (C=O) groups is 1. The Morgan fingerprint density at radius 2 is 1.85 bits per heavy atom. The second-order valence-corrected chi connectivity index (χ2v) is 7.76. The van der Waals surface area contributed by atoms with Gasteiger partial charge in [-0.15, -0.1) is 0 Å². The molecule has 0 unspecified atom stereocenters. The third-order valence-corrected chi connectivity index (χ3v) is 5.57. The predicted molar refractivity (Wildman–Crippen MR) is 104 cm³/mol. The molecule has 27 heavy (non-hydrogen) atoms. The number of benzene rings is 2. The van der Waals surface area contributed by atoms with Crippen molar-refractivity contribution in [2.45, 2.75) is 18.2 Å². The fourth-order valence-corrected chi connectivity index (χ4v) is 3.39. The van der Waals surface area contributed by atoms with Crippen molar-refractivity contribution in [1.82, 2.24) is 10.0 Å². The number of rotatable bonds is 9. The number of amides is 1. The first kappa shape index (κ1) is 20.9. The monoisotopic (exact) mass is 393 g/mol. The average molecular weight is 393 g/mol. The van der Waals surface area contributed by atoms with Gasteiger partial charge in [-0.3, -0.25) is 4.79 Å². The Labute approximate surface area is 159 Å². The van der Waals surface area contributed by atoms with Crippen LogP contribution < -0.4 is 14.9 Å². The Hall–Kier alpha value is -2.45. The highest BCUT2D eigenvalue weighted by Crippen LogP contribution is 2.15. The average Bonchev–Trinajstić information content (AvgIpc) is 2.68. The van der Waals surface area contributed by atoms with Crippen LogP contribution in [0.5, 0.6) is 0 Å². The summed E-state index contributed by atoms with van der Waals surface area (Å²) in [6, 6.07) is 13.1. The van der Waals surface area contributed by atoms with Crippen LogP contribution in [0.2, 0.25) is 0 Å². The van der Waals surface area contributed by atoms with Gasteiger partial charge in [0.25, 0.3) is 5.91 Å². The van der Waals surface area contributed by atoms with Crippen molar-refractivity contribution in [2.24, 2.45) is 0 Å². The minimum absolute atomic E-state index is 0.155. The molecule has 1 amide bonds. The van der Waals surface area contributed by atoms with Crippen molar-refractivity contribution in [3.05, 3.63) is 59.9 Å². The van der Waals surface area contributed by atoms with E-state index in [0.717, 1.165) is 37.0 Å². The predicted octanol–water partition coefficient (Wildman–Crippen LogP) is 2.38. The highest BCUT2D eigenvalue weighted by atomic mass is 32.2. The van der Waals surface area contributed by atoms with Gasteiger partial charge in [0.2, 0.25) is 10.0 Å². The van der Waals surface area contributed by atoms with E-state index in [2.05, 4.69) is 21.9 Å². The number of para-hydroxylation sites is 1. The zero-order chi connectivity index (χ0) is 19.9. The van der Waals surface area contributed by atoms with Gasteiger partial charge in [0.15, 0.2) is 0 Å². The van der Waals surface area contributed by atoms with E-state index in [0.29, 0.717) is 13.0 Å². The molecular formula is C19H24FN3O3S. The van der Waals surface area contributed by atoms with Crippen LogP contribution in [0, 0.1) is 5.82 Å². The largest absolute Gasteiger partial charge is 0.372 e. The molecule has 2 N–H and O–H groups in total. The third kappa shape index (κ3) is 5.51. The Balaban J connectivity index is 1.95. The van der Waals surface area contributed by atoms with E-state index in [-0.39, 0.29) is 10.5 Å². The van der Waals surface area contributed by atoms with Crippen molar-refractivity contribution in [1.29, 1.82) is 0 Å². The standard InChI is InChI=1S/C19H24FN3O3S/c1-3-23(15-8-5-4-6-9-15)13-7-12-22-19(24)17-14-16(10-11-18(17)20)27(25,26)21-2/h4-6,8-11,14,21H,3,7,12-13H2,1-2H3,(H,22,24). The summed E-state index contributed by atoms with van der Waals surface area (Å²) in [5, 5.41) is 2.65. The van der Waals surface area contributed by atoms with Crippen molar-refractivity contribution in [2.75, 3.05) is 31.6 Å². The molecule has 0 fully saturated rings. The maximum Gasteiger partial charge on any atom is 0.254 e. The minimum atomic E-state index is -3.74. The normalized spacial score (nSPS) is 11.2. The first-order chi connectivity index (χ1) is 12.9. The lowest BCUT2D eigenvalue weighted by atomic mass is 10.2. The summed E-state index contributed by atoms with van der Waals surface area (Å²) in [7, 11) is -2.49. The quantitative estimate of drug-likeness (QED) is 0.641. The van der Waals surface area contributed by atoms with Crippen LogP contribution in [-0.2, 0) is 10.0 Å². The molecule has 0 atom stereocenters. The second kappa shape index (κ2) is 9.48. The molecule has 2 aromatic carbocycles. The molecule has 146 valence electrons. The van der Waals surface area contributed by atoms with Crippen molar-refractivity contribution >= 4 is 21.6 Å². The highest BCUT2D eigenvalue weighted by Gasteiger charge is 2.18. The van der Waals surface area contributed by atoms with Crippen LogP contribution in [0.15, 0.2) is 53.4 Å². The fraction of sp³-hybridized carbons (Fsp3) is 0.316. The van der Waals surface area contributed by atoms with E-state index in [1.807, 2.05) is 30.3 Å². The van der Waals surface area contributed by atoms with Crippen molar-refractivity contribution in [3.63, 3.8) is 0 Å². The van der Waals surface area contributed by atoms with Crippen LogP contribution in [0.4, 0.5) is 10.1 Å². The van der Waals surface area contributed by atoms with E-state index >= 15 is 0 Å². The summed E-state index contributed by atoms with van der Waals surface area (Å²) >= 11 is 0. The number of sulfonamides is 1. The Bertz CT molecular complexity index is 873. The second-order valence-electron chi connectivity index (χ2n) is 5.87. The Kier molecular flexibility index (Phi) is 7.32. The number of hydrogen-bond acceptors (Lipinski definition) is 4. The molecule has 2 rings (SSSR count). The SMILES string of the molecule is CCN(CCCNC(=O)c1cc(S(=O)(=O)NC)ccc1F)c1ccccc1. The van der Waals surface area contributed by atoms with Gasteiger partial charge < -0.3 is 10.2 Å². The maximum absolute atomic E-state index is 13.9. The van der Waals surface area contributed by atoms with Crippen LogP contribution in [0.3, 0.4) is 0 Å². The van der Waals surface area contributed by atoms with Gasteiger partial charge >= 0.3 is 0 Å². The summed E-state index contributed by atoms with van der Waals surface area (Å²) in [4.78, 5) is 14.3. The van der Waals surface area contributed by atoms with Gasteiger partial charge in [-0.2, -0.15) is 0 Å². The molecule has 2 aromatic rings. The Morgan fingerprint density at radius 1 is 1.15 bits per heavy atom. The van der Waals surface area contributed by atoms with E-state index in [9.17, 15) is 17.6 Å². The van der Waals surface area contributed by atoms with Gasteiger partial charge in [-0.05, 0) is 50.7 Å². The van der Waals surface area contributed by atoms with Crippen LogP contribution in [0.25, 0.3) is 0 Å². The summed E-state index contributed by atoms with van der Waals surface area (Å²) < 4.78 is 39.7. The van der Waals surface area contributed by atoms with Gasteiger partial charge in [0.05, 0.1) is 10.5 Å². The van der Waals surface area contributed by atoms with Crippen LogP contribution in [0.1, 0.15) is 23.7 Å². The lowest BCUT2D eigenvalue weighted by Crippen LogP contribution is -2.30. The van der Waals surface area contributed by atoms with E-state index in [1.165, 1.54) is 7.05 Å². The zero-order valence-electron chi connectivity index (χ0n) is 15.4. The highest BCUT2D eigenvalue weighted by molar-refractivity contribution is 7.89. The number of halogens is 1. The molecule has 6 nitrogen and oxygen atoms in total. The van der Waals surface area contributed by atoms with Gasteiger partial charge in [0.1, 0.15) is 5.82 Å². The molecule has 0 spiro atoms. The third-order valence-electron chi connectivity index (χ3n) is 4.15. The minimum Gasteiger partial charge on any atom is -0.372 e. The first-order valence-electron chi connectivity index (χ1n) is 8.70. The van der Waals surface area contributed by atoms with E-state index in [1.54, 1.807) is 0 Å². The van der Waals surface area contributed by atoms with Crippen molar-refractivity contribution < 1.29 is 17.6 Å². The van der Waals surface area contributed by atoms with Crippen LogP contribution in [-0.4, -0.2) is 41.0 Å². The zero-order valence-corrected chi connectivity index (χ0v) is 16.2. The number of carbonyl (C=O) groups excluding carboxylic acids is 1. The molecular weight excluding hydrogens is 369 g/mol. The summed E-state index contributed by atoms with van der Waals surface area (Å²) in [5.41, 5.74) is 0.809. The van der Waals surface area contributed by atoms with Gasteiger partial charge in [-0.25, -0.2) is 17.5 Å².